The van der Waals surface area contributed by atoms with Crippen molar-refractivity contribution in [3.05, 3.63) is 23.0 Å². The molecule has 3 nitrogen and oxygen atoms in total. The van der Waals surface area contributed by atoms with Crippen LogP contribution in [-0.4, -0.2) is 28.6 Å². The Labute approximate surface area is 111 Å². The van der Waals surface area contributed by atoms with E-state index in [-0.39, 0.29) is 12.6 Å². The second-order valence-electron chi connectivity index (χ2n) is 5.04. The number of anilines is 1. The lowest BCUT2D eigenvalue weighted by Gasteiger charge is -2.27. The van der Waals surface area contributed by atoms with Gasteiger partial charge in [-0.2, -0.15) is 13.2 Å². The molecule has 0 aliphatic heterocycles. The van der Waals surface area contributed by atoms with Crippen LogP contribution >= 0.6 is 0 Å². The van der Waals surface area contributed by atoms with Gasteiger partial charge in [-0.15, -0.1) is 0 Å². The van der Waals surface area contributed by atoms with E-state index < -0.39 is 12.7 Å². The first-order valence-electron chi connectivity index (χ1n) is 6.13. The van der Waals surface area contributed by atoms with Gasteiger partial charge < -0.3 is 5.73 Å². The van der Waals surface area contributed by atoms with Crippen LogP contribution < -0.4 is 5.73 Å². The highest BCUT2D eigenvalue weighted by Gasteiger charge is 2.32. The minimum atomic E-state index is -4.21. The maximum atomic E-state index is 12.5. The van der Waals surface area contributed by atoms with Crippen LogP contribution in [0.3, 0.4) is 0 Å². The van der Waals surface area contributed by atoms with Crippen LogP contribution in [0.15, 0.2) is 6.20 Å². The van der Waals surface area contributed by atoms with Crippen LogP contribution in [0.1, 0.15) is 30.7 Å². The van der Waals surface area contributed by atoms with Crippen LogP contribution in [0.25, 0.3) is 0 Å². The number of aryl methyl sites for hydroxylation is 1. The summed E-state index contributed by atoms with van der Waals surface area (Å²) in [5.41, 5.74) is 8.68. The molecule has 0 bridgehead atoms. The van der Waals surface area contributed by atoms with E-state index in [1.54, 1.807) is 27.0 Å². The Morgan fingerprint density at radius 2 is 1.89 bits per heavy atom. The van der Waals surface area contributed by atoms with Gasteiger partial charge in [0.25, 0.3) is 0 Å². The smallest absolute Gasteiger partial charge is 0.398 e. The topological polar surface area (TPSA) is 42.2 Å². The van der Waals surface area contributed by atoms with Crippen molar-refractivity contribution in [1.29, 1.82) is 0 Å². The predicted octanol–water partition coefficient (Wildman–Crippen LogP) is 3.05. The summed E-state index contributed by atoms with van der Waals surface area (Å²) < 4.78 is 37.6. The second-order valence-corrected chi connectivity index (χ2v) is 5.04. The molecule has 0 amide bonds. The van der Waals surface area contributed by atoms with Crippen molar-refractivity contribution < 1.29 is 13.2 Å². The van der Waals surface area contributed by atoms with Crippen LogP contribution in [0.2, 0.25) is 0 Å². The van der Waals surface area contributed by atoms with Gasteiger partial charge in [-0.25, -0.2) is 0 Å². The highest BCUT2D eigenvalue weighted by molar-refractivity contribution is 5.53. The summed E-state index contributed by atoms with van der Waals surface area (Å²) in [7, 11) is 0. The van der Waals surface area contributed by atoms with Gasteiger partial charge in [0.15, 0.2) is 0 Å². The maximum Gasteiger partial charge on any atom is 0.401 e. The molecule has 1 aromatic heterocycles. The van der Waals surface area contributed by atoms with E-state index in [4.69, 9.17) is 5.73 Å². The van der Waals surface area contributed by atoms with E-state index in [1.165, 1.54) is 4.90 Å². The van der Waals surface area contributed by atoms with E-state index in [0.717, 1.165) is 11.1 Å². The standard InChI is InChI=1S/C13H20F3N3/c1-8(2)19(7-13(14,15)16)6-11-10(4)12(17)9(3)5-18-11/h5,8H,6-7H2,1-4H3,(H2,17,18). The van der Waals surface area contributed by atoms with Crippen LogP contribution in [0.4, 0.5) is 18.9 Å². The molecule has 0 aliphatic carbocycles. The van der Waals surface area contributed by atoms with Crippen molar-refractivity contribution in [3.8, 4) is 0 Å². The number of nitrogen functional groups attached to an aromatic ring is 1. The molecule has 0 aromatic carbocycles. The molecule has 0 aliphatic rings. The third-order valence-corrected chi connectivity index (χ3v) is 3.14. The molecule has 19 heavy (non-hydrogen) atoms. The van der Waals surface area contributed by atoms with Crippen molar-refractivity contribution in [2.24, 2.45) is 0 Å². The summed E-state index contributed by atoms with van der Waals surface area (Å²) in [6.45, 7) is 6.29. The second kappa shape index (κ2) is 5.77. The van der Waals surface area contributed by atoms with Gasteiger partial charge in [0.1, 0.15) is 0 Å². The molecule has 0 spiro atoms. The Morgan fingerprint density at radius 1 is 1.32 bits per heavy atom. The molecule has 0 atom stereocenters. The monoisotopic (exact) mass is 275 g/mol. The highest BCUT2D eigenvalue weighted by Crippen LogP contribution is 2.23. The lowest BCUT2D eigenvalue weighted by Crippen LogP contribution is -2.38. The number of aromatic nitrogens is 1. The van der Waals surface area contributed by atoms with Crippen LogP contribution in [-0.2, 0) is 6.54 Å². The summed E-state index contributed by atoms with van der Waals surface area (Å²) >= 11 is 0. The molecule has 1 aromatic rings. The van der Waals surface area contributed by atoms with Gasteiger partial charge in [-0.1, -0.05) is 0 Å². The van der Waals surface area contributed by atoms with E-state index >= 15 is 0 Å². The predicted molar refractivity (Wildman–Crippen MR) is 69.7 cm³/mol. The lowest BCUT2D eigenvalue weighted by atomic mass is 10.1. The van der Waals surface area contributed by atoms with Crippen molar-refractivity contribution in [2.75, 3.05) is 12.3 Å². The zero-order valence-corrected chi connectivity index (χ0v) is 11.7. The molecule has 1 rings (SSSR count). The number of hydrogen-bond acceptors (Lipinski definition) is 3. The highest BCUT2D eigenvalue weighted by atomic mass is 19.4. The summed E-state index contributed by atoms with van der Waals surface area (Å²) in [4.78, 5) is 5.54. The minimum Gasteiger partial charge on any atom is -0.398 e. The van der Waals surface area contributed by atoms with Gasteiger partial charge in [-0.05, 0) is 38.8 Å². The quantitative estimate of drug-likeness (QED) is 0.918. The van der Waals surface area contributed by atoms with Crippen LogP contribution in [0, 0.1) is 13.8 Å². The van der Waals surface area contributed by atoms with Crippen molar-refractivity contribution in [3.63, 3.8) is 0 Å². The Morgan fingerprint density at radius 3 is 2.37 bits per heavy atom. The van der Waals surface area contributed by atoms with E-state index in [9.17, 15) is 13.2 Å². The number of nitrogens with two attached hydrogens (primary N) is 1. The molecule has 0 radical (unpaired) electrons. The van der Waals surface area contributed by atoms with Crippen LogP contribution in [0.5, 0.6) is 0 Å². The molecule has 1 heterocycles. The minimum absolute atomic E-state index is 0.146. The molecule has 6 heteroatoms. The van der Waals surface area contributed by atoms with Gasteiger partial charge in [0.05, 0.1) is 12.2 Å². The first-order chi connectivity index (χ1) is 8.61. The molecule has 0 unspecified atom stereocenters. The molecular weight excluding hydrogens is 255 g/mol. The maximum absolute atomic E-state index is 12.5. The third-order valence-electron chi connectivity index (χ3n) is 3.14. The molecular formula is C13H20F3N3. The molecule has 2 N–H and O–H groups in total. The number of nitrogens with zero attached hydrogens (tertiary/aromatic N) is 2. The molecule has 0 saturated carbocycles. The lowest BCUT2D eigenvalue weighted by molar-refractivity contribution is -0.151. The Kier molecular flexibility index (Phi) is 4.79. The van der Waals surface area contributed by atoms with Gasteiger partial charge in [0.2, 0.25) is 0 Å². The fraction of sp³-hybridized carbons (Fsp3) is 0.615. The van der Waals surface area contributed by atoms with E-state index in [1.807, 2.05) is 6.92 Å². The number of rotatable bonds is 4. The zero-order valence-electron chi connectivity index (χ0n) is 11.7. The number of pyridine rings is 1. The van der Waals surface area contributed by atoms with Crippen molar-refractivity contribution >= 4 is 5.69 Å². The Bertz CT molecular complexity index is 441. The van der Waals surface area contributed by atoms with Crippen molar-refractivity contribution in [1.82, 2.24) is 9.88 Å². The van der Waals surface area contributed by atoms with Crippen molar-refractivity contribution in [2.45, 2.75) is 46.5 Å². The summed E-state index contributed by atoms with van der Waals surface area (Å²) in [5.74, 6) is 0. The average Bonchev–Trinajstić information content (AvgIpc) is 2.27. The molecule has 0 fully saturated rings. The SMILES string of the molecule is Cc1cnc(CN(CC(F)(F)F)C(C)C)c(C)c1N. The number of alkyl halides is 3. The first kappa shape index (κ1) is 15.8. The normalized spacial score (nSPS) is 12.5. The fourth-order valence-electron chi connectivity index (χ4n) is 1.80. The Hall–Kier alpha value is -1.30. The average molecular weight is 275 g/mol. The molecule has 0 saturated heterocycles. The third kappa shape index (κ3) is 4.38. The van der Waals surface area contributed by atoms with Gasteiger partial charge >= 0.3 is 6.18 Å². The van der Waals surface area contributed by atoms with E-state index in [0.29, 0.717) is 11.4 Å². The fourth-order valence-corrected chi connectivity index (χ4v) is 1.80. The summed E-state index contributed by atoms with van der Waals surface area (Å²) in [5, 5.41) is 0. The van der Waals surface area contributed by atoms with Gasteiger partial charge in [-0.3, -0.25) is 9.88 Å². The first-order valence-corrected chi connectivity index (χ1v) is 6.13. The largest absolute Gasteiger partial charge is 0.401 e. The Balaban J connectivity index is 2.95. The number of halogens is 3. The summed E-state index contributed by atoms with van der Waals surface area (Å²) in [6.07, 6.45) is -2.61. The summed E-state index contributed by atoms with van der Waals surface area (Å²) in [6, 6.07) is -0.217. The van der Waals surface area contributed by atoms with E-state index in [2.05, 4.69) is 4.98 Å². The molecule has 108 valence electrons. The number of hydrogen-bond donors (Lipinski definition) is 1. The van der Waals surface area contributed by atoms with Gasteiger partial charge in [0, 0.05) is 24.5 Å². The zero-order chi connectivity index (χ0) is 14.8.